The van der Waals surface area contributed by atoms with E-state index < -0.39 is 10.2 Å². The van der Waals surface area contributed by atoms with Gasteiger partial charge in [0, 0.05) is 24.2 Å². The third-order valence-electron chi connectivity index (χ3n) is 3.52. The van der Waals surface area contributed by atoms with Gasteiger partial charge in [-0.3, -0.25) is 4.72 Å². The minimum atomic E-state index is -3.57. The lowest BCUT2D eigenvalue weighted by atomic mass is 10.0. The van der Waals surface area contributed by atoms with E-state index in [1.807, 2.05) is 19.1 Å². The van der Waals surface area contributed by atoms with E-state index in [9.17, 15) is 13.5 Å². The molecule has 1 saturated heterocycles. The van der Waals surface area contributed by atoms with Crippen molar-refractivity contribution < 1.29 is 13.5 Å². The van der Waals surface area contributed by atoms with Crippen molar-refractivity contribution in [1.29, 1.82) is 0 Å². The predicted octanol–water partition coefficient (Wildman–Crippen LogP) is 2.12. The molecule has 0 aliphatic carbocycles. The molecule has 1 heterocycles. The van der Waals surface area contributed by atoms with Crippen molar-refractivity contribution in [3.05, 3.63) is 28.2 Å². The number of piperidine rings is 1. The molecule has 1 atom stereocenters. The SMILES string of the molecule is Cc1ccc(Br)cc1NS(=O)(=O)N1CCCC(CO)C1. The van der Waals surface area contributed by atoms with Gasteiger partial charge in [-0.05, 0) is 43.4 Å². The van der Waals surface area contributed by atoms with Crippen molar-refractivity contribution in [2.75, 3.05) is 24.4 Å². The third kappa shape index (κ3) is 3.72. The quantitative estimate of drug-likeness (QED) is 0.861. The Morgan fingerprint density at radius 1 is 1.50 bits per heavy atom. The van der Waals surface area contributed by atoms with Crippen molar-refractivity contribution in [2.45, 2.75) is 19.8 Å². The molecule has 0 bridgehead atoms. The lowest BCUT2D eigenvalue weighted by Crippen LogP contribution is -2.43. The van der Waals surface area contributed by atoms with Crippen LogP contribution in [0.4, 0.5) is 5.69 Å². The summed E-state index contributed by atoms with van der Waals surface area (Å²) in [5, 5.41) is 9.20. The van der Waals surface area contributed by atoms with E-state index in [1.54, 1.807) is 6.07 Å². The van der Waals surface area contributed by atoms with E-state index in [2.05, 4.69) is 20.7 Å². The summed E-state index contributed by atoms with van der Waals surface area (Å²) < 4.78 is 29.7. The van der Waals surface area contributed by atoms with Gasteiger partial charge in [0.25, 0.3) is 0 Å². The van der Waals surface area contributed by atoms with Crippen LogP contribution in [-0.2, 0) is 10.2 Å². The van der Waals surface area contributed by atoms with Crippen molar-refractivity contribution in [2.24, 2.45) is 5.92 Å². The second-order valence-corrected chi connectivity index (χ2v) is 7.70. The summed E-state index contributed by atoms with van der Waals surface area (Å²) in [4.78, 5) is 0. The molecule has 1 unspecified atom stereocenters. The first-order chi connectivity index (χ1) is 9.42. The molecule has 1 aliphatic rings. The van der Waals surface area contributed by atoms with Gasteiger partial charge < -0.3 is 5.11 Å². The lowest BCUT2D eigenvalue weighted by Gasteiger charge is -2.31. The average molecular weight is 363 g/mol. The van der Waals surface area contributed by atoms with E-state index >= 15 is 0 Å². The van der Waals surface area contributed by atoms with Crippen molar-refractivity contribution in [3.63, 3.8) is 0 Å². The van der Waals surface area contributed by atoms with Gasteiger partial charge in [0.2, 0.25) is 0 Å². The fraction of sp³-hybridized carbons (Fsp3) is 0.538. The zero-order valence-corrected chi connectivity index (χ0v) is 13.7. The molecule has 1 fully saturated rings. The number of hydrogen-bond donors (Lipinski definition) is 2. The summed E-state index contributed by atoms with van der Waals surface area (Å²) in [7, 11) is -3.57. The molecule has 1 aromatic carbocycles. The average Bonchev–Trinajstić information content (AvgIpc) is 2.43. The number of nitrogens with one attached hydrogen (secondary N) is 1. The van der Waals surface area contributed by atoms with E-state index in [1.165, 1.54) is 4.31 Å². The van der Waals surface area contributed by atoms with Crippen LogP contribution in [0.3, 0.4) is 0 Å². The molecule has 2 N–H and O–H groups in total. The largest absolute Gasteiger partial charge is 0.396 e. The fourth-order valence-electron chi connectivity index (χ4n) is 2.30. The highest BCUT2D eigenvalue weighted by atomic mass is 79.9. The minimum absolute atomic E-state index is 0.0297. The first-order valence-electron chi connectivity index (χ1n) is 6.57. The van der Waals surface area contributed by atoms with Gasteiger partial charge in [0.15, 0.2) is 0 Å². The number of aliphatic hydroxyl groups is 1. The Morgan fingerprint density at radius 2 is 2.25 bits per heavy atom. The summed E-state index contributed by atoms with van der Waals surface area (Å²) in [6.07, 6.45) is 1.65. The number of rotatable bonds is 4. The highest BCUT2D eigenvalue weighted by Crippen LogP contribution is 2.24. The molecule has 5 nitrogen and oxygen atoms in total. The summed E-state index contributed by atoms with van der Waals surface area (Å²) in [6, 6.07) is 5.48. The smallest absolute Gasteiger partial charge is 0.301 e. The number of anilines is 1. The number of aryl methyl sites for hydroxylation is 1. The number of benzene rings is 1. The molecule has 2 rings (SSSR count). The lowest BCUT2D eigenvalue weighted by molar-refractivity contribution is 0.166. The second kappa shape index (κ2) is 6.43. The molecule has 1 aromatic rings. The van der Waals surface area contributed by atoms with E-state index in [4.69, 9.17) is 0 Å². The normalized spacial score (nSPS) is 20.9. The van der Waals surface area contributed by atoms with Crippen LogP contribution in [0.1, 0.15) is 18.4 Å². The second-order valence-electron chi connectivity index (χ2n) is 5.12. The molecular formula is C13H19BrN2O3S. The summed E-state index contributed by atoms with van der Waals surface area (Å²) in [6.45, 7) is 2.76. The van der Waals surface area contributed by atoms with Crippen LogP contribution in [0.2, 0.25) is 0 Å². The van der Waals surface area contributed by atoms with Gasteiger partial charge in [-0.2, -0.15) is 12.7 Å². The van der Waals surface area contributed by atoms with Gasteiger partial charge in [-0.25, -0.2) is 0 Å². The maximum absolute atomic E-state index is 12.4. The highest BCUT2D eigenvalue weighted by Gasteiger charge is 2.28. The number of halogens is 1. The molecule has 112 valence electrons. The van der Waals surface area contributed by atoms with Crippen LogP contribution in [0, 0.1) is 12.8 Å². The van der Waals surface area contributed by atoms with Crippen LogP contribution < -0.4 is 4.72 Å². The number of aliphatic hydroxyl groups excluding tert-OH is 1. The van der Waals surface area contributed by atoms with Crippen LogP contribution >= 0.6 is 15.9 Å². The Hall–Kier alpha value is -0.630. The van der Waals surface area contributed by atoms with E-state index in [0.29, 0.717) is 18.8 Å². The maximum Gasteiger partial charge on any atom is 0.301 e. The van der Waals surface area contributed by atoms with Crippen molar-refractivity contribution in [3.8, 4) is 0 Å². The molecule has 0 saturated carbocycles. The Labute approximate surface area is 128 Å². The van der Waals surface area contributed by atoms with Crippen molar-refractivity contribution >= 4 is 31.8 Å². The van der Waals surface area contributed by atoms with Gasteiger partial charge in [-0.15, -0.1) is 0 Å². The maximum atomic E-state index is 12.4. The number of hydrogen-bond acceptors (Lipinski definition) is 3. The molecule has 1 aliphatic heterocycles. The van der Waals surface area contributed by atoms with Crippen LogP contribution in [-0.4, -0.2) is 37.5 Å². The summed E-state index contributed by atoms with van der Waals surface area (Å²) >= 11 is 3.34. The summed E-state index contributed by atoms with van der Waals surface area (Å²) in [5.41, 5.74) is 1.44. The topological polar surface area (TPSA) is 69.6 Å². The summed E-state index contributed by atoms with van der Waals surface area (Å²) in [5.74, 6) is 0.0314. The van der Waals surface area contributed by atoms with Crippen LogP contribution in [0.15, 0.2) is 22.7 Å². The molecule has 0 radical (unpaired) electrons. The Kier molecular flexibility index (Phi) is 5.06. The zero-order valence-electron chi connectivity index (χ0n) is 11.3. The van der Waals surface area contributed by atoms with Crippen LogP contribution in [0.25, 0.3) is 0 Å². The number of nitrogens with zero attached hydrogens (tertiary/aromatic N) is 1. The van der Waals surface area contributed by atoms with Gasteiger partial charge in [0.05, 0.1) is 5.69 Å². The Balaban J connectivity index is 2.16. The monoisotopic (exact) mass is 362 g/mol. The first-order valence-corrected chi connectivity index (χ1v) is 8.80. The Bertz CT molecular complexity index is 577. The molecular weight excluding hydrogens is 344 g/mol. The first kappa shape index (κ1) is 15.8. The van der Waals surface area contributed by atoms with E-state index in [0.717, 1.165) is 22.9 Å². The molecule has 20 heavy (non-hydrogen) atoms. The zero-order chi connectivity index (χ0) is 14.8. The molecule has 0 aromatic heterocycles. The molecule has 0 spiro atoms. The van der Waals surface area contributed by atoms with Gasteiger partial charge in [0.1, 0.15) is 0 Å². The van der Waals surface area contributed by atoms with E-state index in [-0.39, 0.29) is 12.5 Å². The van der Waals surface area contributed by atoms with Crippen molar-refractivity contribution in [1.82, 2.24) is 4.31 Å². The molecule has 7 heteroatoms. The standard InChI is InChI=1S/C13H19BrN2O3S/c1-10-4-5-12(14)7-13(10)15-20(18,19)16-6-2-3-11(8-16)9-17/h4-5,7,11,15,17H,2-3,6,8-9H2,1H3. The van der Waals surface area contributed by atoms with Crippen LogP contribution in [0.5, 0.6) is 0 Å². The fourth-order valence-corrected chi connectivity index (χ4v) is 4.07. The minimum Gasteiger partial charge on any atom is -0.396 e. The van der Waals surface area contributed by atoms with Gasteiger partial charge >= 0.3 is 10.2 Å². The Morgan fingerprint density at radius 3 is 2.95 bits per heavy atom. The highest BCUT2D eigenvalue weighted by molar-refractivity contribution is 9.10. The molecule has 0 amide bonds. The third-order valence-corrected chi connectivity index (χ3v) is 5.50. The predicted molar refractivity (Wildman–Crippen MR) is 82.8 cm³/mol. The van der Waals surface area contributed by atoms with Gasteiger partial charge in [-0.1, -0.05) is 22.0 Å².